The average Bonchev–Trinajstić information content (AvgIpc) is 3.39. The van der Waals surface area contributed by atoms with Gasteiger partial charge >= 0.3 is 0 Å². The number of amides is 1. The molecule has 0 saturated heterocycles. The van der Waals surface area contributed by atoms with Gasteiger partial charge in [-0.3, -0.25) is 4.79 Å². The molecule has 3 fully saturated rings. The van der Waals surface area contributed by atoms with Crippen LogP contribution in [-0.2, 0) is 11.3 Å². The summed E-state index contributed by atoms with van der Waals surface area (Å²) in [4.78, 5) is 22.2. The van der Waals surface area contributed by atoms with Crippen molar-refractivity contribution < 1.29 is 13.6 Å². The fourth-order valence-electron chi connectivity index (χ4n) is 5.80. The van der Waals surface area contributed by atoms with Gasteiger partial charge in [-0.2, -0.15) is 5.10 Å². The zero-order valence-electron chi connectivity index (χ0n) is 17.4. The van der Waals surface area contributed by atoms with Crippen molar-refractivity contribution in [1.82, 2.24) is 19.5 Å². The SMILES string of the molecule is O=C([C@H]1CC(Cn2cnc3ncccc32)C2CC1C2)N1N=CCC1c1cc(F)cc(F)c1. The molecule has 2 bridgehead atoms. The number of hydrazone groups is 1. The summed E-state index contributed by atoms with van der Waals surface area (Å²) in [5.41, 5.74) is 2.19. The first-order chi connectivity index (χ1) is 15.6. The number of imidazole rings is 1. The summed E-state index contributed by atoms with van der Waals surface area (Å²) in [5.74, 6) is -0.0585. The van der Waals surface area contributed by atoms with Crippen LogP contribution in [0, 0.1) is 35.3 Å². The molecule has 2 aromatic heterocycles. The maximum atomic E-state index is 13.8. The Balaban J connectivity index is 1.22. The summed E-state index contributed by atoms with van der Waals surface area (Å²) in [7, 11) is 0. The molecule has 3 aliphatic carbocycles. The van der Waals surface area contributed by atoms with Gasteiger partial charge in [0.15, 0.2) is 5.65 Å². The summed E-state index contributed by atoms with van der Waals surface area (Å²) >= 11 is 0. The molecule has 0 N–H and O–H groups in total. The van der Waals surface area contributed by atoms with Gasteiger partial charge in [0.25, 0.3) is 0 Å². The molecule has 7 rings (SSSR count). The van der Waals surface area contributed by atoms with Crippen LogP contribution in [0.5, 0.6) is 0 Å². The minimum Gasteiger partial charge on any atom is -0.329 e. The first-order valence-corrected chi connectivity index (χ1v) is 11.1. The van der Waals surface area contributed by atoms with Crippen molar-refractivity contribution in [3.05, 3.63) is 60.1 Å². The van der Waals surface area contributed by atoms with E-state index in [0.29, 0.717) is 29.7 Å². The Morgan fingerprint density at radius 1 is 1.06 bits per heavy atom. The molecule has 0 radical (unpaired) electrons. The van der Waals surface area contributed by atoms with Gasteiger partial charge in [0.2, 0.25) is 5.91 Å². The van der Waals surface area contributed by atoms with Crippen LogP contribution in [0.4, 0.5) is 8.78 Å². The lowest BCUT2D eigenvalue weighted by Crippen LogP contribution is -2.49. The van der Waals surface area contributed by atoms with Gasteiger partial charge in [-0.05, 0) is 66.8 Å². The molecular weight excluding hydrogens is 412 g/mol. The van der Waals surface area contributed by atoms with Gasteiger partial charge in [0.05, 0.1) is 17.9 Å². The average molecular weight is 435 g/mol. The highest BCUT2D eigenvalue weighted by Crippen LogP contribution is 2.53. The minimum atomic E-state index is -0.638. The number of fused-ring (bicyclic) bond motifs is 3. The van der Waals surface area contributed by atoms with E-state index in [1.165, 1.54) is 17.1 Å². The largest absolute Gasteiger partial charge is 0.329 e. The molecule has 8 heteroatoms. The maximum Gasteiger partial charge on any atom is 0.246 e. The fraction of sp³-hybridized carbons (Fsp3) is 0.417. The highest BCUT2D eigenvalue weighted by Gasteiger charge is 2.50. The Morgan fingerprint density at radius 3 is 2.69 bits per heavy atom. The Labute approximate surface area is 184 Å². The molecule has 3 saturated carbocycles. The number of rotatable bonds is 4. The molecule has 1 aliphatic heterocycles. The van der Waals surface area contributed by atoms with Crippen LogP contribution in [0.15, 0.2) is 48.0 Å². The molecule has 3 heterocycles. The lowest BCUT2D eigenvalue weighted by Gasteiger charge is -2.51. The van der Waals surface area contributed by atoms with Crippen molar-refractivity contribution in [2.45, 2.75) is 38.3 Å². The Morgan fingerprint density at radius 2 is 1.88 bits per heavy atom. The van der Waals surface area contributed by atoms with E-state index in [0.717, 1.165) is 43.0 Å². The molecule has 2 unspecified atom stereocenters. The van der Waals surface area contributed by atoms with Crippen LogP contribution in [-0.4, -0.2) is 31.7 Å². The van der Waals surface area contributed by atoms with Crippen molar-refractivity contribution in [1.29, 1.82) is 0 Å². The lowest BCUT2D eigenvalue weighted by molar-refractivity contribution is -0.147. The second kappa shape index (κ2) is 7.46. The third-order valence-corrected chi connectivity index (χ3v) is 7.47. The third kappa shape index (κ3) is 3.20. The molecule has 4 aliphatic rings. The van der Waals surface area contributed by atoms with Gasteiger partial charge in [-0.25, -0.2) is 23.8 Å². The first kappa shape index (κ1) is 19.5. The fourth-order valence-corrected chi connectivity index (χ4v) is 5.80. The smallest absolute Gasteiger partial charge is 0.246 e. The van der Waals surface area contributed by atoms with Crippen molar-refractivity contribution in [3.63, 3.8) is 0 Å². The predicted octanol–water partition coefficient (Wildman–Crippen LogP) is 4.33. The number of hydrogen-bond acceptors (Lipinski definition) is 4. The highest BCUT2D eigenvalue weighted by atomic mass is 19.1. The number of nitrogens with zero attached hydrogens (tertiary/aromatic N) is 5. The zero-order valence-corrected chi connectivity index (χ0v) is 17.4. The van der Waals surface area contributed by atoms with Crippen molar-refractivity contribution in [3.8, 4) is 0 Å². The highest BCUT2D eigenvalue weighted by molar-refractivity contribution is 5.82. The number of carbonyl (C=O) groups is 1. The number of carbonyl (C=O) groups excluding carboxylic acids is 1. The Bertz CT molecular complexity index is 1200. The van der Waals surface area contributed by atoms with Crippen LogP contribution in [0.2, 0.25) is 0 Å². The van der Waals surface area contributed by atoms with Gasteiger partial charge in [0.1, 0.15) is 11.6 Å². The molecule has 3 atom stereocenters. The molecular formula is C24H23F2N5O. The lowest BCUT2D eigenvalue weighted by atomic mass is 9.55. The van der Waals surface area contributed by atoms with E-state index in [2.05, 4.69) is 19.6 Å². The summed E-state index contributed by atoms with van der Waals surface area (Å²) in [6, 6.07) is 6.92. The van der Waals surface area contributed by atoms with Gasteiger partial charge in [0, 0.05) is 37.4 Å². The number of halogens is 2. The van der Waals surface area contributed by atoms with Gasteiger partial charge in [-0.15, -0.1) is 0 Å². The van der Waals surface area contributed by atoms with Gasteiger partial charge < -0.3 is 4.57 Å². The third-order valence-electron chi connectivity index (χ3n) is 7.47. The number of aromatic nitrogens is 3. The van der Waals surface area contributed by atoms with E-state index in [1.807, 2.05) is 18.5 Å². The van der Waals surface area contributed by atoms with Crippen LogP contribution in [0.25, 0.3) is 11.2 Å². The van der Waals surface area contributed by atoms with E-state index >= 15 is 0 Å². The number of hydrogen-bond donors (Lipinski definition) is 0. The van der Waals surface area contributed by atoms with Crippen molar-refractivity contribution in [2.75, 3.05) is 0 Å². The monoisotopic (exact) mass is 435 g/mol. The van der Waals surface area contributed by atoms with E-state index < -0.39 is 17.7 Å². The van der Waals surface area contributed by atoms with Crippen LogP contribution < -0.4 is 0 Å². The molecule has 164 valence electrons. The van der Waals surface area contributed by atoms with Crippen LogP contribution >= 0.6 is 0 Å². The van der Waals surface area contributed by atoms with Crippen molar-refractivity contribution in [2.24, 2.45) is 28.8 Å². The van der Waals surface area contributed by atoms with E-state index in [-0.39, 0.29) is 11.8 Å². The van der Waals surface area contributed by atoms with E-state index in [1.54, 1.807) is 12.4 Å². The van der Waals surface area contributed by atoms with Crippen molar-refractivity contribution >= 4 is 23.3 Å². The van der Waals surface area contributed by atoms with E-state index in [4.69, 9.17) is 0 Å². The number of pyridine rings is 1. The molecule has 32 heavy (non-hydrogen) atoms. The summed E-state index contributed by atoms with van der Waals surface area (Å²) in [6.45, 7) is 0.811. The van der Waals surface area contributed by atoms with Crippen LogP contribution in [0.1, 0.15) is 37.3 Å². The summed E-state index contributed by atoms with van der Waals surface area (Å²) < 4.78 is 29.7. The Hall–Kier alpha value is -3.16. The number of benzene rings is 1. The second-order valence-corrected chi connectivity index (χ2v) is 9.27. The second-order valence-electron chi connectivity index (χ2n) is 9.27. The first-order valence-electron chi connectivity index (χ1n) is 11.1. The predicted molar refractivity (Wildman–Crippen MR) is 114 cm³/mol. The minimum absolute atomic E-state index is 0.0290. The molecule has 3 aromatic rings. The standard InChI is InChI=1S/C24H23F2N5O/c25-18-8-16(9-19(26)11-18)21-3-5-29-31(21)24(32)20-10-17(14-6-15(20)7-14)12-30-13-28-23-22(30)2-1-4-27-23/h1-2,4-5,8-9,11,13-15,17,20-21H,3,6-7,10,12H2/t14?,15?,17?,20-,21?/m0/s1. The molecule has 0 spiro atoms. The summed E-state index contributed by atoms with van der Waals surface area (Å²) in [5, 5.41) is 5.78. The molecule has 1 amide bonds. The summed E-state index contributed by atoms with van der Waals surface area (Å²) in [6.07, 6.45) is 8.59. The van der Waals surface area contributed by atoms with E-state index in [9.17, 15) is 13.6 Å². The maximum absolute atomic E-state index is 13.8. The Kier molecular flexibility index (Phi) is 4.55. The van der Waals surface area contributed by atoms with Crippen LogP contribution in [0.3, 0.4) is 0 Å². The zero-order chi connectivity index (χ0) is 21.8. The topological polar surface area (TPSA) is 63.4 Å². The normalized spacial score (nSPS) is 28.8. The quantitative estimate of drug-likeness (QED) is 0.613. The molecule has 1 aromatic carbocycles. The molecule has 6 nitrogen and oxygen atoms in total. The van der Waals surface area contributed by atoms with Gasteiger partial charge in [-0.1, -0.05) is 0 Å².